The topological polar surface area (TPSA) is 80.5 Å². The smallest absolute Gasteiger partial charge is 0.259 e. The fraction of sp³-hybridized carbons (Fsp3) is 0.318. The molecule has 1 saturated heterocycles. The van der Waals surface area contributed by atoms with Gasteiger partial charge in [-0.15, -0.1) is 0 Å². The Bertz CT molecular complexity index is 1030. The van der Waals surface area contributed by atoms with Gasteiger partial charge in [0.25, 0.3) is 5.91 Å². The number of aromatic nitrogens is 2. The number of halogens is 1. The molecule has 0 atom stereocenters. The van der Waals surface area contributed by atoms with Gasteiger partial charge in [0.15, 0.2) is 6.61 Å². The van der Waals surface area contributed by atoms with Gasteiger partial charge < -0.3 is 19.5 Å². The molecule has 1 fully saturated rings. The summed E-state index contributed by atoms with van der Waals surface area (Å²) in [6, 6.07) is 12.6. The second kappa shape index (κ2) is 9.17. The molecule has 1 N–H and O–H groups in total. The normalized spacial score (nSPS) is 13.9. The fourth-order valence-electron chi connectivity index (χ4n) is 3.50. The zero-order chi connectivity index (χ0) is 20.9. The average molecular weight is 427 g/mol. The molecule has 1 aliphatic heterocycles. The Labute approximate surface area is 180 Å². The van der Waals surface area contributed by atoms with E-state index in [-0.39, 0.29) is 12.5 Å². The first-order valence-electron chi connectivity index (χ1n) is 9.97. The summed E-state index contributed by atoms with van der Waals surface area (Å²) in [5, 5.41) is 7.33. The molecule has 0 saturated carbocycles. The minimum Gasteiger partial charge on any atom is -0.485 e. The molecule has 1 amide bonds. The SMILES string of the molecule is Cc1nc(COc2ccccc2C(=O)Nc2ccc(N3CCCCC3)c(Cl)c2)no1. The highest BCUT2D eigenvalue weighted by molar-refractivity contribution is 6.33. The second-order valence-electron chi connectivity index (χ2n) is 7.18. The Hall–Kier alpha value is -3.06. The predicted octanol–water partition coefficient (Wildman–Crippen LogP) is 4.85. The number of nitrogens with zero attached hydrogens (tertiary/aromatic N) is 3. The number of carbonyl (C=O) groups excluding carboxylic acids is 1. The van der Waals surface area contributed by atoms with Crippen LogP contribution in [0.1, 0.15) is 41.3 Å². The summed E-state index contributed by atoms with van der Waals surface area (Å²) in [5.41, 5.74) is 2.05. The number of para-hydroxylation sites is 1. The van der Waals surface area contributed by atoms with Crippen molar-refractivity contribution in [3.63, 3.8) is 0 Å². The number of aryl methyl sites for hydroxylation is 1. The van der Waals surface area contributed by atoms with E-state index in [0.717, 1.165) is 18.8 Å². The molecular formula is C22H23ClN4O3. The Morgan fingerprint density at radius 3 is 2.73 bits per heavy atom. The summed E-state index contributed by atoms with van der Waals surface area (Å²) in [7, 11) is 0. The van der Waals surface area contributed by atoms with Crippen molar-refractivity contribution in [2.75, 3.05) is 23.3 Å². The van der Waals surface area contributed by atoms with Gasteiger partial charge in [-0.25, -0.2) is 0 Å². The second-order valence-corrected chi connectivity index (χ2v) is 7.59. The molecule has 0 unspecified atom stereocenters. The molecule has 4 rings (SSSR count). The lowest BCUT2D eigenvalue weighted by molar-refractivity contribution is 0.102. The van der Waals surface area contributed by atoms with Crippen molar-refractivity contribution in [2.24, 2.45) is 0 Å². The molecule has 30 heavy (non-hydrogen) atoms. The summed E-state index contributed by atoms with van der Waals surface area (Å²) in [6.45, 7) is 3.84. The number of piperidine rings is 1. The quantitative estimate of drug-likeness (QED) is 0.606. The molecule has 8 heteroatoms. The molecule has 7 nitrogen and oxygen atoms in total. The van der Waals surface area contributed by atoms with Crippen LogP contribution in [0.15, 0.2) is 47.0 Å². The van der Waals surface area contributed by atoms with Crippen LogP contribution >= 0.6 is 11.6 Å². The molecule has 0 spiro atoms. The Kier molecular flexibility index (Phi) is 6.18. The lowest BCUT2D eigenvalue weighted by Gasteiger charge is -2.29. The van der Waals surface area contributed by atoms with Crippen LogP contribution in [-0.4, -0.2) is 29.1 Å². The molecule has 1 aliphatic rings. The van der Waals surface area contributed by atoms with E-state index in [1.807, 2.05) is 12.1 Å². The lowest BCUT2D eigenvalue weighted by atomic mass is 10.1. The largest absolute Gasteiger partial charge is 0.485 e. The summed E-state index contributed by atoms with van der Waals surface area (Å²) >= 11 is 6.50. The van der Waals surface area contributed by atoms with Gasteiger partial charge in [-0.2, -0.15) is 4.98 Å². The number of rotatable bonds is 6. The summed E-state index contributed by atoms with van der Waals surface area (Å²) < 4.78 is 10.7. The number of ether oxygens (including phenoxy) is 1. The third kappa shape index (κ3) is 4.74. The van der Waals surface area contributed by atoms with Crippen molar-refractivity contribution in [3.8, 4) is 5.75 Å². The lowest BCUT2D eigenvalue weighted by Crippen LogP contribution is -2.29. The molecule has 0 radical (unpaired) electrons. The van der Waals surface area contributed by atoms with E-state index < -0.39 is 0 Å². The molecule has 1 aromatic heterocycles. The zero-order valence-electron chi connectivity index (χ0n) is 16.7. The van der Waals surface area contributed by atoms with Crippen molar-refractivity contribution in [2.45, 2.75) is 32.8 Å². The number of amides is 1. The Morgan fingerprint density at radius 1 is 1.20 bits per heavy atom. The van der Waals surface area contributed by atoms with Gasteiger partial charge in [0.2, 0.25) is 11.7 Å². The highest BCUT2D eigenvalue weighted by Crippen LogP contribution is 2.31. The summed E-state index contributed by atoms with van der Waals surface area (Å²) in [5.74, 6) is 1.04. The van der Waals surface area contributed by atoms with Crippen LogP contribution in [-0.2, 0) is 6.61 Å². The van der Waals surface area contributed by atoms with E-state index in [0.29, 0.717) is 33.7 Å². The van der Waals surface area contributed by atoms with Crippen molar-refractivity contribution in [1.29, 1.82) is 0 Å². The number of hydrogen-bond donors (Lipinski definition) is 1. The van der Waals surface area contributed by atoms with E-state index in [4.69, 9.17) is 20.9 Å². The van der Waals surface area contributed by atoms with E-state index in [2.05, 4.69) is 20.4 Å². The molecule has 3 aromatic rings. The molecule has 2 heterocycles. The first-order valence-corrected chi connectivity index (χ1v) is 10.3. The predicted molar refractivity (Wildman–Crippen MR) is 115 cm³/mol. The Morgan fingerprint density at radius 2 is 2.00 bits per heavy atom. The van der Waals surface area contributed by atoms with Crippen molar-refractivity contribution in [1.82, 2.24) is 10.1 Å². The maximum Gasteiger partial charge on any atom is 0.259 e. The number of nitrogens with one attached hydrogen (secondary N) is 1. The van der Waals surface area contributed by atoms with Crippen molar-refractivity contribution >= 4 is 28.9 Å². The fourth-order valence-corrected chi connectivity index (χ4v) is 3.80. The average Bonchev–Trinajstić information content (AvgIpc) is 3.18. The number of anilines is 2. The van der Waals surface area contributed by atoms with E-state index in [1.54, 1.807) is 37.3 Å². The monoisotopic (exact) mass is 426 g/mol. The number of benzene rings is 2. The van der Waals surface area contributed by atoms with Crippen LogP contribution in [0.5, 0.6) is 5.75 Å². The maximum absolute atomic E-state index is 12.9. The van der Waals surface area contributed by atoms with Crippen LogP contribution in [0.2, 0.25) is 5.02 Å². The minimum absolute atomic E-state index is 0.109. The van der Waals surface area contributed by atoms with Crippen LogP contribution < -0.4 is 15.0 Å². The van der Waals surface area contributed by atoms with Crippen molar-refractivity contribution in [3.05, 3.63) is 64.8 Å². The van der Waals surface area contributed by atoms with Crippen LogP contribution in [0, 0.1) is 6.92 Å². The molecule has 0 aliphatic carbocycles. The first-order chi connectivity index (χ1) is 14.6. The Balaban J connectivity index is 1.45. The van der Waals surface area contributed by atoms with Gasteiger partial charge in [0.05, 0.1) is 16.3 Å². The van der Waals surface area contributed by atoms with Gasteiger partial charge in [0.1, 0.15) is 5.75 Å². The number of carbonyl (C=O) groups is 1. The molecule has 2 aromatic carbocycles. The van der Waals surface area contributed by atoms with Crippen LogP contribution in [0.3, 0.4) is 0 Å². The third-order valence-corrected chi connectivity index (χ3v) is 5.26. The highest BCUT2D eigenvalue weighted by Gasteiger charge is 2.17. The molecular weight excluding hydrogens is 404 g/mol. The first kappa shape index (κ1) is 20.2. The summed E-state index contributed by atoms with van der Waals surface area (Å²) in [4.78, 5) is 19.2. The zero-order valence-corrected chi connectivity index (χ0v) is 17.5. The minimum atomic E-state index is -0.281. The highest BCUT2D eigenvalue weighted by atomic mass is 35.5. The molecule has 0 bridgehead atoms. The number of hydrogen-bond acceptors (Lipinski definition) is 6. The standard InChI is InChI=1S/C22H23ClN4O3/c1-15-24-21(26-30-15)14-29-20-8-4-3-7-17(20)22(28)25-16-9-10-19(18(23)13-16)27-11-5-2-6-12-27/h3-4,7-10,13H,2,5-6,11-12,14H2,1H3,(H,25,28). The van der Waals surface area contributed by atoms with E-state index >= 15 is 0 Å². The summed E-state index contributed by atoms with van der Waals surface area (Å²) in [6.07, 6.45) is 3.61. The van der Waals surface area contributed by atoms with Gasteiger partial charge >= 0.3 is 0 Å². The van der Waals surface area contributed by atoms with Gasteiger partial charge in [0, 0.05) is 25.7 Å². The van der Waals surface area contributed by atoms with Crippen molar-refractivity contribution < 1.29 is 14.1 Å². The van der Waals surface area contributed by atoms with Gasteiger partial charge in [-0.05, 0) is 49.6 Å². The van der Waals surface area contributed by atoms with Gasteiger partial charge in [-0.1, -0.05) is 28.9 Å². The van der Waals surface area contributed by atoms with Crippen LogP contribution in [0.4, 0.5) is 11.4 Å². The van der Waals surface area contributed by atoms with E-state index in [9.17, 15) is 4.79 Å². The third-order valence-electron chi connectivity index (χ3n) is 4.96. The maximum atomic E-state index is 12.9. The molecule has 156 valence electrons. The van der Waals surface area contributed by atoms with Gasteiger partial charge in [-0.3, -0.25) is 4.79 Å². The van der Waals surface area contributed by atoms with Crippen LogP contribution in [0.25, 0.3) is 0 Å². The van der Waals surface area contributed by atoms with E-state index in [1.165, 1.54) is 19.3 Å².